The predicted octanol–water partition coefficient (Wildman–Crippen LogP) is 3.62. The van der Waals surface area contributed by atoms with Crippen LogP contribution in [-0.4, -0.2) is 25.9 Å². The summed E-state index contributed by atoms with van der Waals surface area (Å²) in [5.41, 5.74) is 1.59. The van der Waals surface area contributed by atoms with Crippen LogP contribution in [0.15, 0.2) is 82.3 Å². The van der Waals surface area contributed by atoms with Crippen molar-refractivity contribution in [2.24, 2.45) is 0 Å². The Morgan fingerprint density at radius 2 is 1.79 bits per heavy atom. The normalized spacial score (nSPS) is 11.0. The van der Waals surface area contributed by atoms with Crippen LogP contribution in [0, 0.1) is 0 Å². The van der Waals surface area contributed by atoms with Gasteiger partial charge in [-0.1, -0.05) is 28.1 Å². The van der Waals surface area contributed by atoms with Crippen LogP contribution < -0.4 is 10.0 Å². The van der Waals surface area contributed by atoms with Crippen molar-refractivity contribution in [3.05, 3.63) is 88.7 Å². The summed E-state index contributed by atoms with van der Waals surface area (Å²) in [6, 6.07) is 18.3. The zero-order chi connectivity index (χ0) is 20.0. The number of carbonyl (C=O) groups is 1. The number of amides is 1. The lowest BCUT2D eigenvalue weighted by atomic mass is 10.2. The van der Waals surface area contributed by atoms with Crippen molar-refractivity contribution < 1.29 is 13.2 Å². The summed E-state index contributed by atoms with van der Waals surface area (Å²) in [4.78, 5) is 16.6. The van der Waals surface area contributed by atoms with Gasteiger partial charge in [-0.2, -0.15) is 0 Å². The average Bonchev–Trinajstić information content (AvgIpc) is 2.70. The number of nitrogens with zero attached hydrogens (tertiary/aromatic N) is 1. The van der Waals surface area contributed by atoms with E-state index in [-0.39, 0.29) is 16.4 Å². The van der Waals surface area contributed by atoms with E-state index in [2.05, 4.69) is 31.0 Å². The molecule has 8 heteroatoms. The molecule has 3 rings (SSSR count). The third-order valence-electron chi connectivity index (χ3n) is 3.90. The highest BCUT2D eigenvalue weighted by atomic mass is 79.9. The molecule has 144 valence electrons. The molecule has 0 saturated heterocycles. The number of benzene rings is 2. The fourth-order valence-corrected chi connectivity index (χ4v) is 3.86. The van der Waals surface area contributed by atoms with E-state index < -0.39 is 10.0 Å². The molecule has 28 heavy (non-hydrogen) atoms. The maximum absolute atomic E-state index is 12.6. The highest BCUT2D eigenvalue weighted by Gasteiger charge is 2.16. The van der Waals surface area contributed by atoms with Crippen molar-refractivity contribution in [2.75, 3.05) is 11.3 Å². The molecule has 6 nitrogen and oxygen atoms in total. The number of pyridine rings is 1. The predicted molar refractivity (Wildman–Crippen MR) is 112 cm³/mol. The van der Waals surface area contributed by atoms with Crippen molar-refractivity contribution in [3.8, 4) is 0 Å². The summed E-state index contributed by atoms with van der Waals surface area (Å²) in [5.74, 6) is -0.336. The van der Waals surface area contributed by atoms with Gasteiger partial charge in [0.05, 0.1) is 4.90 Å². The SMILES string of the molecule is O=C(NCCc1ccccn1)c1cccc(S(=O)(=O)Nc2ccc(Br)cc2)c1. The van der Waals surface area contributed by atoms with Gasteiger partial charge in [0.15, 0.2) is 0 Å². The van der Waals surface area contributed by atoms with E-state index in [4.69, 9.17) is 0 Å². The fraction of sp³-hybridized carbons (Fsp3) is 0.100. The van der Waals surface area contributed by atoms with E-state index in [0.717, 1.165) is 10.2 Å². The second kappa shape index (κ2) is 8.99. The van der Waals surface area contributed by atoms with Gasteiger partial charge in [0.1, 0.15) is 0 Å². The molecule has 0 spiro atoms. The third kappa shape index (κ3) is 5.40. The quantitative estimate of drug-likeness (QED) is 0.564. The number of hydrogen-bond donors (Lipinski definition) is 2. The second-order valence-electron chi connectivity index (χ2n) is 5.97. The molecular formula is C20H18BrN3O3S. The number of nitrogens with one attached hydrogen (secondary N) is 2. The lowest BCUT2D eigenvalue weighted by molar-refractivity contribution is 0.0954. The number of sulfonamides is 1. The Labute approximate surface area is 172 Å². The summed E-state index contributed by atoms with van der Waals surface area (Å²) in [5, 5.41) is 2.78. The Morgan fingerprint density at radius 3 is 2.50 bits per heavy atom. The fourth-order valence-electron chi connectivity index (χ4n) is 2.49. The van der Waals surface area contributed by atoms with Crippen molar-refractivity contribution in [1.82, 2.24) is 10.3 Å². The molecule has 0 fully saturated rings. The number of halogens is 1. The molecule has 0 aliphatic heterocycles. The topological polar surface area (TPSA) is 88.2 Å². The van der Waals surface area contributed by atoms with E-state index in [9.17, 15) is 13.2 Å². The van der Waals surface area contributed by atoms with Gasteiger partial charge >= 0.3 is 0 Å². The van der Waals surface area contributed by atoms with E-state index in [1.807, 2.05) is 18.2 Å². The van der Waals surface area contributed by atoms with Crippen LogP contribution in [0.3, 0.4) is 0 Å². The molecule has 0 aliphatic rings. The van der Waals surface area contributed by atoms with Crippen molar-refractivity contribution in [1.29, 1.82) is 0 Å². The Hall–Kier alpha value is -2.71. The smallest absolute Gasteiger partial charge is 0.261 e. The lowest BCUT2D eigenvalue weighted by Crippen LogP contribution is -2.26. The van der Waals surface area contributed by atoms with Gasteiger partial charge in [-0.15, -0.1) is 0 Å². The first kappa shape index (κ1) is 20.0. The second-order valence-corrected chi connectivity index (χ2v) is 8.57. The molecule has 1 amide bonds. The maximum atomic E-state index is 12.6. The van der Waals surface area contributed by atoms with Gasteiger partial charge in [-0.3, -0.25) is 14.5 Å². The van der Waals surface area contributed by atoms with Crippen LogP contribution >= 0.6 is 15.9 Å². The highest BCUT2D eigenvalue weighted by Crippen LogP contribution is 2.19. The number of aromatic nitrogens is 1. The first-order chi connectivity index (χ1) is 13.4. The monoisotopic (exact) mass is 459 g/mol. The standard InChI is InChI=1S/C20H18BrN3O3S/c21-16-7-9-18(10-8-16)24-28(26,27)19-6-3-4-15(14-19)20(25)23-13-11-17-5-1-2-12-22-17/h1-10,12,14,24H,11,13H2,(H,23,25). The van der Waals surface area contributed by atoms with Crippen LogP contribution in [0.1, 0.15) is 16.1 Å². The summed E-state index contributed by atoms with van der Waals surface area (Å²) in [6.45, 7) is 0.407. The molecular weight excluding hydrogens is 442 g/mol. The maximum Gasteiger partial charge on any atom is 0.261 e. The Kier molecular flexibility index (Phi) is 6.43. The molecule has 2 aromatic carbocycles. The largest absolute Gasteiger partial charge is 0.352 e. The van der Waals surface area contributed by atoms with Gasteiger partial charge in [-0.25, -0.2) is 8.42 Å². The Morgan fingerprint density at radius 1 is 1.00 bits per heavy atom. The molecule has 1 heterocycles. The number of carbonyl (C=O) groups excluding carboxylic acids is 1. The van der Waals surface area contributed by atoms with Gasteiger partial charge in [0.25, 0.3) is 15.9 Å². The molecule has 1 aromatic heterocycles. The van der Waals surface area contributed by atoms with Crippen LogP contribution in [0.2, 0.25) is 0 Å². The van der Waals surface area contributed by atoms with Gasteiger partial charge in [-0.05, 0) is 54.6 Å². The molecule has 0 unspecified atom stereocenters. The third-order valence-corrected chi connectivity index (χ3v) is 5.80. The summed E-state index contributed by atoms with van der Waals surface area (Å²) in [6.07, 6.45) is 2.29. The number of anilines is 1. The average molecular weight is 460 g/mol. The minimum atomic E-state index is -3.80. The summed E-state index contributed by atoms with van der Waals surface area (Å²) < 4.78 is 28.5. The zero-order valence-electron chi connectivity index (χ0n) is 14.8. The molecule has 3 aromatic rings. The van der Waals surface area contributed by atoms with Crippen molar-refractivity contribution in [2.45, 2.75) is 11.3 Å². The van der Waals surface area contributed by atoms with Gasteiger partial charge in [0, 0.05) is 40.6 Å². The molecule has 0 bridgehead atoms. The van der Waals surface area contributed by atoms with E-state index in [1.54, 1.807) is 42.6 Å². The van der Waals surface area contributed by atoms with Crippen LogP contribution in [0.5, 0.6) is 0 Å². The van der Waals surface area contributed by atoms with Gasteiger partial charge < -0.3 is 5.32 Å². The molecule has 0 saturated carbocycles. The number of hydrogen-bond acceptors (Lipinski definition) is 4. The molecule has 0 aliphatic carbocycles. The van der Waals surface area contributed by atoms with Crippen LogP contribution in [-0.2, 0) is 16.4 Å². The van der Waals surface area contributed by atoms with Crippen molar-refractivity contribution >= 4 is 37.5 Å². The zero-order valence-corrected chi connectivity index (χ0v) is 17.2. The molecule has 2 N–H and O–H groups in total. The van der Waals surface area contributed by atoms with E-state index >= 15 is 0 Å². The summed E-state index contributed by atoms with van der Waals surface area (Å²) in [7, 11) is -3.80. The minimum Gasteiger partial charge on any atom is -0.352 e. The van der Waals surface area contributed by atoms with Gasteiger partial charge in [0.2, 0.25) is 0 Å². The molecule has 0 atom stereocenters. The Balaban J connectivity index is 1.66. The van der Waals surface area contributed by atoms with E-state index in [1.165, 1.54) is 12.1 Å². The first-order valence-electron chi connectivity index (χ1n) is 8.51. The Bertz CT molecular complexity index is 1060. The molecule has 0 radical (unpaired) electrons. The number of rotatable bonds is 7. The minimum absolute atomic E-state index is 0.0211. The lowest BCUT2D eigenvalue weighted by Gasteiger charge is -2.10. The first-order valence-corrected chi connectivity index (χ1v) is 10.8. The summed E-state index contributed by atoms with van der Waals surface area (Å²) >= 11 is 3.31. The van der Waals surface area contributed by atoms with Crippen molar-refractivity contribution in [3.63, 3.8) is 0 Å². The highest BCUT2D eigenvalue weighted by molar-refractivity contribution is 9.10. The van der Waals surface area contributed by atoms with Crippen LogP contribution in [0.25, 0.3) is 0 Å². The van der Waals surface area contributed by atoms with Crippen LogP contribution in [0.4, 0.5) is 5.69 Å². The van der Waals surface area contributed by atoms with E-state index in [0.29, 0.717) is 18.7 Å².